The molecular formula is C15H20N4. The van der Waals surface area contributed by atoms with E-state index < -0.39 is 0 Å². The summed E-state index contributed by atoms with van der Waals surface area (Å²) in [7, 11) is 0. The first-order valence-electron chi connectivity index (χ1n) is 6.55. The molecule has 2 aromatic rings. The maximum Gasteiger partial charge on any atom is 0.0602 e. The van der Waals surface area contributed by atoms with E-state index in [1.54, 1.807) is 6.20 Å². The highest BCUT2D eigenvalue weighted by Gasteiger charge is 2.10. The first kappa shape index (κ1) is 13.5. The van der Waals surface area contributed by atoms with Gasteiger partial charge in [-0.2, -0.15) is 0 Å². The molecule has 4 heteroatoms. The molecule has 2 N–H and O–H groups in total. The third-order valence-corrected chi connectivity index (χ3v) is 3.13. The number of rotatable bonds is 5. The summed E-state index contributed by atoms with van der Waals surface area (Å²) >= 11 is 0. The summed E-state index contributed by atoms with van der Waals surface area (Å²) in [5.41, 5.74) is 10.1. The number of nitrogens with zero attached hydrogens (tertiary/aromatic N) is 3. The molecule has 0 aliphatic rings. The molecule has 0 spiro atoms. The SMILES string of the molecule is CCN(Cc1cccc(C)n1)c1cnccc1CN. The van der Waals surface area contributed by atoms with E-state index in [9.17, 15) is 0 Å². The molecule has 0 bridgehead atoms. The fourth-order valence-electron chi connectivity index (χ4n) is 2.12. The molecule has 4 nitrogen and oxygen atoms in total. The van der Waals surface area contributed by atoms with Crippen molar-refractivity contribution in [3.8, 4) is 0 Å². The van der Waals surface area contributed by atoms with Gasteiger partial charge in [0, 0.05) is 25.0 Å². The maximum absolute atomic E-state index is 5.79. The Kier molecular flexibility index (Phi) is 4.47. The molecule has 0 saturated carbocycles. The monoisotopic (exact) mass is 256 g/mol. The standard InChI is InChI=1S/C15H20N4/c1-3-19(11-14-6-4-5-12(2)18-14)15-10-17-8-7-13(15)9-16/h4-8,10H,3,9,11,16H2,1-2H3. The van der Waals surface area contributed by atoms with Crippen LogP contribution in [0.4, 0.5) is 5.69 Å². The summed E-state index contributed by atoms with van der Waals surface area (Å²) in [6.45, 7) is 6.33. The van der Waals surface area contributed by atoms with Crippen LogP contribution in [0.2, 0.25) is 0 Å². The Morgan fingerprint density at radius 3 is 2.79 bits per heavy atom. The van der Waals surface area contributed by atoms with Crippen molar-refractivity contribution in [2.24, 2.45) is 5.73 Å². The highest BCUT2D eigenvalue weighted by atomic mass is 15.1. The number of aromatic nitrogens is 2. The van der Waals surface area contributed by atoms with Crippen LogP contribution in [-0.2, 0) is 13.1 Å². The van der Waals surface area contributed by atoms with Crippen LogP contribution in [0.25, 0.3) is 0 Å². The van der Waals surface area contributed by atoms with Crippen molar-refractivity contribution in [2.45, 2.75) is 26.9 Å². The number of pyridine rings is 2. The molecule has 0 radical (unpaired) electrons. The van der Waals surface area contributed by atoms with Crippen LogP contribution in [0.1, 0.15) is 23.9 Å². The van der Waals surface area contributed by atoms with Gasteiger partial charge in [0.2, 0.25) is 0 Å². The van der Waals surface area contributed by atoms with Gasteiger partial charge in [-0.25, -0.2) is 0 Å². The summed E-state index contributed by atoms with van der Waals surface area (Å²) in [5.74, 6) is 0. The highest BCUT2D eigenvalue weighted by molar-refractivity contribution is 5.51. The average molecular weight is 256 g/mol. The van der Waals surface area contributed by atoms with E-state index in [0.717, 1.165) is 35.7 Å². The van der Waals surface area contributed by atoms with Gasteiger partial charge in [-0.15, -0.1) is 0 Å². The van der Waals surface area contributed by atoms with Gasteiger partial charge in [-0.05, 0) is 37.6 Å². The minimum absolute atomic E-state index is 0.523. The van der Waals surface area contributed by atoms with Crippen LogP contribution in [0.15, 0.2) is 36.7 Å². The van der Waals surface area contributed by atoms with Gasteiger partial charge in [-0.3, -0.25) is 9.97 Å². The second-order valence-electron chi connectivity index (χ2n) is 4.49. The zero-order valence-corrected chi connectivity index (χ0v) is 11.5. The molecule has 0 atom stereocenters. The fraction of sp³-hybridized carbons (Fsp3) is 0.333. The predicted molar refractivity (Wildman–Crippen MR) is 77.8 cm³/mol. The van der Waals surface area contributed by atoms with Gasteiger partial charge >= 0.3 is 0 Å². The minimum atomic E-state index is 0.523. The zero-order valence-electron chi connectivity index (χ0n) is 11.5. The molecular weight excluding hydrogens is 236 g/mol. The molecule has 0 unspecified atom stereocenters. The van der Waals surface area contributed by atoms with E-state index in [1.165, 1.54) is 0 Å². The van der Waals surface area contributed by atoms with Crippen LogP contribution in [0, 0.1) is 6.92 Å². The predicted octanol–water partition coefficient (Wildman–Crippen LogP) is 2.27. The lowest BCUT2D eigenvalue weighted by Crippen LogP contribution is -2.24. The van der Waals surface area contributed by atoms with Crippen LogP contribution < -0.4 is 10.6 Å². The largest absolute Gasteiger partial charge is 0.364 e. The summed E-state index contributed by atoms with van der Waals surface area (Å²) in [5, 5.41) is 0. The van der Waals surface area contributed by atoms with Gasteiger partial charge in [0.25, 0.3) is 0 Å². The molecule has 0 aromatic carbocycles. The number of anilines is 1. The quantitative estimate of drug-likeness (QED) is 0.891. The lowest BCUT2D eigenvalue weighted by atomic mass is 10.2. The lowest BCUT2D eigenvalue weighted by Gasteiger charge is -2.24. The van der Waals surface area contributed by atoms with Gasteiger partial charge in [0.15, 0.2) is 0 Å². The second-order valence-corrected chi connectivity index (χ2v) is 4.49. The van der Waals surface area contributed by atoms with E-state index in [-0.39, 0.29) is 0 Å². The molecule has 19 heavy (non-hydrogen) atoms. The van der Waals surface area contributed by atoms with Crippen molar-refractivity contribution in [3.63, 3.8) is 0 Å². The second kappa shape index (κ2) is 6.29. The Labute approximate surface area is 114 Å². The highest BCUT2D eigenvalue weighted by Crippen LogP contribution is 2.20. The van der Waals surface area contributed by atoms with Crippen molar-refractivity contribution in [3.05, 3.63) is 53.6 Å². The summed E-state index contributed by atoms with van der Waals surface area (Å²) < 4.78 is 0. The summed E-state index contributed by atoms with van der Waals surface area (Å²) in [4.78, 5) is 11.0. The van der Waals surface area contributed by atoms with Crippen molar-refractivity contribution in [1.29, 1.82) is 0 Å². The number of aryl methyl sites for hydroxylation is 1. The maximum atomic E-state index is 5.79. The van der Waals surface area contributed by atoms with E-state index in [4.69, 9.17) is 5.73 Å². The number of hydrogen-bond donors (Lipinski definition) is 1. The van der Waals surface area contributed by atoms with Gasteiger partial charge < -0.3 is 10.6 Å². The normalized spacial score (nSPS) is 10.5. The molecule has 2 heterocycles. The first-order valence-corrected chi connectivity index (χ1v) is 6.55. The van der Waals surface area contributed by atoms with E-state index in [0.29, 0.717) is 6.54 Å². The average Bonchev–Trinajstić information content (AvgIpc) is 2.45. The molecule has 0 aliphatic heterocycles. The van der Waals surface area contributed by atoms with E-state index in [2.05, 4.69) is 21.8 Å². The molecule has 0 aliphatic carbocycles. The molecule has 0 saturated heterocycles. The molecule has 100 valence electrons. The third kappa shape index (κ3) is 3.29. The summed E-state index contributed by atoms with van der Waals surface area (Å²) in [6, 6.07) is 8.07. The van der Waals surface area contributed by atoms with Gasteiger partial charge in [0.05, 0.1) is 24.1 Å². The van der Waals surface area contributed by atoms with E-state index >= 15 is 0 Å². The van der Waals surface area contributed by atoms with Crippen molar-refractivity contribution < 1.29 is 0 Å². The molecule has 0 amide bonds. The van der Waals surface area contributed by atoms with Crippen molar-refractivity contribution in [1.82, 2.24) is 9.97 Å². The zero-order chi connectivity index (χ0) is 13.7. The molecule has 0 fully saturated rings. The first-order chi connectivity index (χ1) is 9.24. The van der Waals surface area contributed by atoms with Crippen LogP contribution >= 0.6 is 0 Å². The van der Waals surface area contributed by atoms with Crippen molar-refractivity contribution >= 4 is 5.69 Å². The van der Waals surface area contributed by atoms with Gasteiger partial charge in [-0.1, -0.05) is 6.07 Å². The van der Waals surface area contributed by atoms with Gasteiger partial charge in [0.1, 0.15) is 0 Å². The number of hydrogen-bond acceptors (Lipinski definition) is 4. The third-order valence-electron chi connectivity index (χ3n) is 3.13. The topological polar surface area (TPSA) is 55.0 Å². The van der Waals surface area contributed by atoms with Crippen LogP contribution in [-0.4, -0.2) is 16.5 Å². The smallest absolute Gasteiger partial charge is 0.0602 e. The Hall–Kier alpha value is -1.94. The fourth-order valence-corrected chi connectivity index (χ4v) is 2.12. The van der Waals surface area contributed by atoms with Crippen LogP contribution in [0.3, 0.4) is 0 Å². The Morgan fingerprint density at radius 1 is 1.26 bits per heavy atom. The van der Waals surface area contributed by atoms with Crippen LogP contribution in [0.5, 0.6) is 0 Å². The minimum Gasteiger partial charge on any atom is -0.364 e. The molecule has 2 aromatic heterocycles. The van der Waals surface area contributed by atoms with Crippen molar-refractivity contribution in [2.75, 3.05) is 11.4 Å². The summed E-state index contributed by atoms with van der Waals surface area (Å²) in [6.07, 6.45) is 3.66. The van der Waals surface area contributed by atoms with E-state index in [1.807, 2.05) is 37.4 Å². The molecule has 2 rings (SSSR count). The Morgan fingerprint density at radius 2 is 2.11 bits per heavy atom. The number of nitrogens with two attached hydrogens (primary N) is 1. The lowest BCUT2D eigenvalue weighted by molar-refractivity contribution is 0.794. The Bertz CT molecular complexity index is 539. The Balaban J connectivity index is 2.25.